The molecule has 0 saturated heterocycles. The maximum absolute atomic E-state index is 13.0. The van der Waals surface area contributed by atoms with Gasteiger partial charge in [-0.15, -0.1) is 0 Å². The van der Waals surface area contributed by atoms with Gasteiger partial charge in [0.05, 0.1) is 0 Å². The molecule has 2 aromatic rings. The van der Waals surface area contributed by atoms with Crippen molar-refractivity contribution in [3.63, 3.8) is 0 Å². The van der Waals surface area contributed by atoms with E-state index < -0.39 is 23.5 Å². The van der Waals surface area contributed by atoms with E-state index in [0.29, 0.717) is 0 Å². The van der Waals surface area contributed by atoms with Crippen molar-refractivity contribution in [2.75, 3.05) is 0 Å². The zero-order chi connectivity index (χ0) is 18.3. The molecule has 7 nitrogen and oxygen atoms in total. The predicted molar refractivity (Wildman–Crippen MR) is 84.2 cm³/mol. The monoisotopic (exact) mass is 342 g/mol. The van der Waals surface area contributed by atoms with Crippen LogP contribution in [0.5, 0.6) is 0 Å². The third kappa shape index (κ3) is 2.78. The number of rotatable bonds is 5. The van der Waals surface area contributed by atoms with Crippen LogP contribution in [0.3, 0.4) is 0 Å². The highest BCUT2D eigenvalue weighted by Gasteiger charge is 2.24. The number of carbonyl (C=O) groups excluding carboxylic acids is 1. The maximum atomic E-state index is 13.0. The van der Waals surface area contributed by atoms with Crippen molar-refractivity contribution in [1.82, 2.24) is 18.7 Å². The molecule has 0 aliphatic rings. The van der Waals surface area contributed by atoms with Crippen LogP contribution < -0.4 is 11.2 Å². The second-order valence-corrected chi connectivity index (χ2v) is 6.14. The number of aromatic nitrogens is 4. The van der Waals surface area contributed by atoms with Gasteiger partial charge >= 0.3 is 5.69 Å². The minimum absolute atomic E-state index is 0.0252. The normalized spacial score (nSPS) is 14.3. The molecule has 9 heteroatoms. The van der Waals surface area contributed by atoms with E-state index in [2.05, 4.69) is 4.98 Å². The first-order chi connectivity index (χ1) is 11.1. The van der Waals surface area contributed by atoms with Crippen LogP contribution in [0.25, 0.3) is 11.2 Å². The van der Waals surface area contributed by atoms with E-state index in [1.54, 1.807) is 13.8 Å². The second kappa shape index (κ2) is 6.29. The molecule has 2 atom stereocenters. The predicted octanol–water partition coefficient (Wildman–Crippen LogP) is 1.23. The summed E-state index contributed by atoms with van der Waals surface area (Å²) in [4.78, 5) is 40.3. The molecule has 0 N–H and O–H groups in total. The standard InChI is InChI=1S/C15H20F2N4O3/c1-7(8(2)9(3)22)6-21-14(23)10-12(20(5)15(21)24)18-13(11(16)17)19(10)4/h7-8,11H,6H2,1-5H3. The van der Waals surface area contributed by atoms with E-state index in [1.165, 1.54) is 21.0 Å². The first-order valence-corrected chi connectivity index (χ1v) is 7.52. The molecule has 2 rings (SSSR count). The average molecular weight is 342 g/mol. The van der Waals surface area contributed by atoms with Crippen LogP contribution in [0.4, 0.5) is 8.78 Å². The number of Topliss-reactive ketones (excluding diaryl/α,β-unsaturated/α-hetero) is 1. The second-order valence-electron chi connectivity index (χ2n) is 6.14. The number of fused-ring (bicyclic) bond motifs is 1. The molecule has 0 aromatic carbocycles. The van der Waals surface area contributed by atoms with Crippen molar-refractivity contribution < 1.29 is 13.6 Å². The summed E-state index contributed by atoms with van der Waals surface area (Å²) in [6.07, 6.45) is -2.86. The van der Waals surface area contributed by atoms with Gasteiger partial charge in [-0.3, -0.25) is 18.7 Å². The summed E-state index contributed by atoms with van der Waals surface area (Å²) in [6.45, 7) is 4.95. The van der Waals surface area contributed by atoms with Gasteiger partial charge in [0.25, 0.3) is 12.0 Å². The van der Waals surface area contributed by atoms with E-state index in [9.17, 15) is 23.2 Å². The van der Waals surface area contributed by atoms with Crippen molar-refractivity contribution in [3.05, 3.63) is 26.7 Å². The van der Waals surface area contributed by atoms with Gasteiger partial charge in [-0.1, -0.05) is 13.8 Å². The number of nitrogens with zero attached hydrogens (tertiary/aromatic N) is 4. The van der Waals surface area contributed by atoms with Gasteiger partial charge in [0.2, 0.25) is 0 Å². The largest absolute Gasteiger partial charge is 0.332 e. The van der Waals surface area contributed by atoms with E-state index in [0.717, 1.165) is 13.7 Å². The Bertz CT molecular complexity index is 910. The number of halogens is 2. The molecule has 24 heavy (non-hydrogen) atoms. The van der Waals surface area contributed by atoms with Crippen LogP contribution in [-0.2, 0) is 25.4 Å². The first-order valence-electron chi connectivity index (χ1n) is 7.52. The van der Waals surface area contributed by atoms with Crippen LogP contribution in [-0.4, -0.2) is 24.5 Å². The van der Waals surface area contributed by atoms with Gasteiger partial charge < -0.3 is 4.57 Å². The Kier molecular flexibility index (Phi) is 4.73. The highest BCUT2D eigenvalue weighted by Crippen LogP contribution is 2.20. The lowest BCUT2D eigenvalue weighted by molar-refractivity contribution is -0.121. The number of alkyl halides is 2. The first kappa shape index (κ1) is 18.0. The Morgan fingerprint density at radius 1 is 1.17 bits per heavy atom. The quantitative estimate of drug-likeness (QED) is 0.819. The van der Waals surface area contributed by atoms with Gasteiger partial charge in [0, 0.05) is 26.6 Å². The number of ketones is 1. The number of aryl methyl sites for hydroxylation is 2. The lowest BCUT2D eigenvalue weighted by Crippen LogP contribution is -2.41. The molecule has 2 heterocycles. The molecular formula is C15H20F2N4O3. The number of hydrogen-bond donors (Lipinski definition) is 0. The zero-order valence-corrected chi connectivity index (χ0v) is 14.2. The SMILES string of the molecule is CC(=O)C(C)C(C)Cn1c(=O)c2c(nc(C(F)F)n2C)n(C)c1=O. The average Bonchev–Trinajstić information content (AvgIpc) is 2.86. The molecule has 0 aliphatic heterocycles. The molecule has 0 amide bonds. The molecule has 0 fully saturated rings. The van der Waals surface area contributed by atoms with Gasteiger partial charge in [0.15, 0.2) is 17.0 Å². The van der Waals surface area contributed by atoms with Crippen molar-refractivity contribution in [3.8, 4) is 0 Å². The van der Waals surface area contributed by atoms with Crippen LogP contribution in [0.15, 0.2) is 9.59 Å². The van der Waals surface area contributed by atoms with Crippen molar-refractivity contribution in [2.24, 2.45) is 25.9 Å². The summed E-state index contributed by atoms with van der Waals surface area (Å²) in [6, 6.07) is 0. The summed E-state index contributed by atoms with van der Waals surface area (Å²) in [5.41, 5.74) is -1.46. The molecule has 2 unspecified atom stereocenters. The fourth-order valence-electron chi connectivity index (χ4n) is 2.66. The van der Waals surface area contributed by atoms with Crippen LogP contribution in [0.2, 0.25) is 0 Å². The Balaban J connectivity index is 2.69. The van der Waals surface area contributed by atoms with Crippen molar-refractivity contribution in [1.29, 1.82) is 0 Å². The lowest BCUT2D eigenvalue weighted by atomic mass is 9.92. The van der Waals surface area contributed by atoms with Crippen molar-refractivity contribution in [2.45, 2.75) is 33.7 Å². The summed E-state index contributed by atoms with van der Waals surface area (Å²) >= 11 is 0. The Hall–Kier alpha value is -2.32. The summed E-state index contributed by atoms with van der Waals surface area (Å²) in [5.74, 6) is -1.21. The number of imidazole rings is 1. The topological polar surface area (TPSA) is 78.9 Å². The molecule has 0 spiro atoms. The number of hydrogen-bond acceptors (Lipinski definition) is 4. The molecule has 0 bridgehead atoms. The molecule has 0 aliphatic carbocycles. The summed E-state index contributed by atoms with van der Waals surface area (Å²) in [5, 5.41) is 0. The fraction of sp³-hybridized carbons (Fsp3) is 0.600. The zero-order valence-electron chi connectivity index (χ0n) is 14.2. The van der Waals surface area contributed by atoms with Crippen LogP contribution >= 0.6 is 0 Å². The van der Waals surface area contributed by atoms with E-state index in [-0.39, 0.29) is 35.3 Å². The van der Waals surface area contributed by atoms with Gasteiger partial charge in [-0.05, 0) is 12.8 Å². The van der Waals surface area contributed by atoms with E-state index in [4.69, 9.17) is 0 Å². The summed E-state index contributed by atoms with van der Waals surface area (Å²) in [7, 11) is 2.69. The Morgan fingerprint density at radius 3 is 2.25 bits per heavy atom. The van der Waals surface area contributed by atoms with Gasteiger partial charge in [0.1, 0.15) is 5.78 Å². The lowest BCUT2D eigenvalue weighted by Gasteiger charge is -2.18. The third-order valence-electron chi connectivity index (χ3n) is 4.56. The molecule has 2 aromatic heterocycles. The number of carbonyl (C=O) groups is 1. The maximum Gasteiger partial charge on any atom is 0.332 e. The van der Waals surface area contributed by atoms with Crippen LogP contribution in [0, 0.1) is 11.8 Å². The molecular weight excluding hydrogens is 322 g/mol. The highest BCUT2D eigenvalue weighted by molar-refractivity contribution is 5.78. The Labute approximate surface area is 136 Å². The Morgan fingerprint density at radius 2 is 1.75 bits per heavy atom. The van der Waals surface area contributed by atoms with E-state index in [1.807, 2.05) is 0 Å². The fourth-order valence-corrected chi connectivity index (χ4v) is 2.66. The van der Waals surface area contributed by atoms with Gasteiger partial charge in [-0.2, -0.15) is 0 Å². The highest BCUT2D eigenvalue weighted by atomic mass is 19.3. The molecule has 0 saturated carbocycles. The van der Waals surface area contributed by atoms with E-state index >= 15 is 0 Å². The van der Waals surface area contributed by atoms with Gasteiger partial charge in [-0.25, -0.2) is 18.6 Å². The van der Waals surface area contributed by atoms with Crippen LogP contribution in [0.1, 0.15) is 33.0 Å². The summed E-state index contributed by atoms with van der Waals surface area (Å²) < 4.78 is 29.1. The molecule has 0 radical (unpaired) electrons. The smallest absolute Gasteiger partial charge is 0.320 e. The van der Waals surface area contributed by atoms with Crippen molar-refractivity contribution >= 4 is 16.9 Å². The molecule has 132 valence electrons. The third-order valence-corrected chi connectivity index (χ3v) is 4.56. The minimum atomic E-state index is -2.86. The minimum Gasteiger partial charge on any atom is -0.320 e.